The van der Waals surface area contributed by atoms with Crippen LogP contribution in [0.3, 0.4) is 0 Å². The first-order chi connectivity index (χ1) is 15.6. The number of carbonyl (C=O) groups excluding carboxylic acids is 1. The summed E-state index contributed by atoms with van der Waals surface area (Å²) in [7, 11) is 3.16. The van der Waals surface area contributed by atoms with E-state index < -0.39 is 0 Å². The first-order valence-corrected chi connectivity index (χ1v) is 11.9. The highest BCUT2D eigenvalue weighted by Gasteiger charge is 2.24. The number of nitrogens with zero attached hydrogens (tertiary/aromatic N) is 2. The van der Waals surface area contributed by atoms with Gasteiger partial charge in [0.05, 0.1) is 37.6 Å². The molecule has 1 aliphatic carbocycles. The second-order valence-electron chi connectivity index (χ2n) is 7.64. The Morgan fingerprint density at radius 2 is 1.91 bits per heavy atom. The molecule has 0 spiro atoms. The number of anilines is 1. The van der Waals surface area contributed by atoms with E-state index in [1.54, 1.807) is 32.4 Å². The van der Waals surface area contributed by atoms with Gasteiger partial charge in [0.25, 0.3) is 0 Å². The molecule has 8 heteroatoms. The lowest BCUT2D eigenvalue weighted by molar-refractivity contribution is -0.113. The van der Waals surface area contributed by atoms with Gasteiger partial charge in [-0.2, -0.15) is 0 Å². The average molecular weight is 472 g/mol. The number of benzene rings is 2. The number of aromatic nitrogens is 2. The zero-order valence-electron chi connectivity index (χ0n) is 18.1. The molecule has 0 aliphatic heterocycles. The van der Waals surface area contributed by atoms with Gasteiger partial charge in [0.15, 0.2) is 5.16 Å². The zero-order valence-corrected chi connectivity index (χ0v) is 19.7. The molecule has 4 rings (SSSR count). The van der Waals surface area contributed by atoms with Gasteiger partial charge < -0.3 is 19.4 Å². The van der Waals surface area contributed by atoms with Crippen LogP contribution in [0.15, 0.2) is 53.8 Å². The molecule has 2 aromatic carbocycles. The number of halogens is 1. The molecule has 1 fully saturated rings. The Morgan fingerprint density at radius 3 is 2.59 bits per heavy atom. The Labute approximate surface area is 197 Å². The summed E-state index contributed by atoms with van der Waals surface area (Å²) in [6.45, 7) is 0. The fraction of sp³-hybridized carbons (Fsp3) is 0.333. The number of hydrogen-bond donors (Lipinski definition) is 1. The Hall–Kier alpha value is -2.64. The molecule has 1 amide bonds. The SMILES string of the molecule is COc1ccc(NC(=O)CSc2ncc(-c3ccc(Cl)cc3)n2C2CCCC2)c(OC)c1. The van der Waals surface area contributed by atoms with Crippen molar-refractivity contribution in [3.05, 3.63) is 53.7 Å². The van der Waals surface area contributed by atoms with Gasteiger partial charge in [0, 0.05) is 17.1 Å². The van der Waals surface area contributed by atoms with Crippen molar-refractivity contribution in [2.45, 2.75) is 36.9 Å². The number of imidazole rings is 1. The summed E-state index contributed by atoms with van der Waals surface area (Å²) in [4.78, 5) is 17.4. The lowest BCUT2D eigenvalue weighted by atomic mass is 10.1. The Kier molecular flexibility index (Phi) is 7.27. The van der Waals surface area contributed by atoms with E-state index in [4.69, 9.17) is 21.1 Å². The lowest BCUT2D eigenvalue weighted by Gasteiger charge is -2.18. The van der Waals surface area contributed by atoms with Gasteiger partial charge in [-0.05, 0) is 42.7 Å². The molecule has 1 aliphatic rings. The van der Waals surface area contributed by atoms with Gasteiger partial charge in [-0.25, -0.2) is 4.98 Å². The molecule has 0 bridgehead atoms. The summed E-state index contributed by atoms with van der Waals surface area (Å²) in [6.07, 6.45) is 6.57. The minimum Gasteiger partial charge on any atom is -0.497 e. The smallest absolute Gasteiger partial charge is 0.234 e. The van der Waals surface area contributed by atoms with Gasteiger partial charge >= 0.3 is 0 Å². The fourth-order valence-corrected chi connectivity index (χ4v) is 4.99. The average Bonchev–Trinajstić information content (AvgIpc) is 3.48. The standard InChI is InChI=1S/C24H26ClN3O3S/c1-30-19-11-12-20(22(13-19)31-2)27-23(29)15-32-24-26-14-21(16-7-9-17(25)10-8-16)28(24)18-5-3-4-6-18/h7-14,18H,3-6,15H2,1-2H3,(H,27,29). The Balaban J connectivity index is 1.50. The molecule has 1 heterocycles. The summed E-state index contributed by atoms with van der Waals surface area (Å²) in [5, 5.41) is 4.49. The Bertz CT molecular complexity index is 1080. The lowest BCUT2D eigenvalue weighted by Crippen LogP contribution is -2.16. The number of carbonyl (C=O) groups is 1. The summed E-state index contributed by atoms with van der Waals surface area (Å²) in [5.41, 5.74) is 2.75. The second kappa shape index (κ2) is 10.3. The highest BCUT2D eigenvalue weighted by atomic mass is 35.5. The van der Waals surface area contributed by atoms with E-state index in [0.29, 0.717) is 28.3 Å². The van der Waals surface area contributed by atoms with Crippen LogP contribution in [-0.4, -0.2) is 35.4 Å². The minimum atomic E-state index is -0.118. The van der Waals surface area contributed by atoms with Crippen LogP contribution in [0.4, 0.5) is 5.69 Å². The van der Waals surface area contributed by atoms with Crippen molar-refractivity contribution in [1.82, 2.24) is 9.55 Å². The molecular formula is C24H26ClN3O3S. The summed E-state index contributed by atoms with van der Waals surface area (Å²) < 4.78 is 12.9. The number of nitrogens with one attached hydrogen (secondary N) is 1. The van der Waals surface area contributed by atoms with Crippen LogP contribution in [0.2, 0.25) is 5.02 Å². The molecule has 1 N–H and O–H groups in total. The number of amides is 1. The van der Waals surface area contributed by atoms with Gasteiger partial charge in [-0.1, -0.05) is 48.3 Å². The van der Waals surface area contributed by atoms with E-state index in [1.165, 1.54) is 24.6 Å². The van der Waals surface area contributed by atoms with E-state index in [-0.39, 0.29) is 11.7 Å². The maximum absolute atomic E-state index is 12.7. The van der Waals surface area contributed by atoms with Crippen LogP contribution in [0, 0.1) is 0 Å². The third kappa shape index (κ3) is 5.05. The van der Waals surface area contributed by atoms with Crippen molar-refractivity contribution < 1.29 is 14.3 Å². The molecule has 6 nitrogen and oxygen atoms in total. The third-order valence-electron chi connectivity index (χ3n) is 5.61. The number of rotatable bonds is 8. The first kappa shape index (κ1) is 22.6. The van der Waals surface area contributed by atoms with Gasteiger partial charge in [0.1, 0.15) is 11.5 Å². The van der Waals surface area contributed by atoms with Crippen molar-refractivity contribution in [2.24, 2.45) is 0 Å². The fourth-order valence-electron chi connectivity index (χ4n) is 4.02. The summed E-state index contributed by atoms with van der Waals surface area (Å²) >= 11 is 7.52. The van der Waals surface area contributed by atoms with Crippen molar-refractivity contribution in [1.29, 1.82) is 0 Å². The van der Waals surface area contributed by atoms with Crippen LogP contribution in [0.1, 0.15) is 31.7 Å². The Morgan fingerprint density at radius 1 is 1.16 bits per heavy atom. The van der Waals surface area contributed by atoms with Crippen molar-refractivity contribution in [3.8, 4) is 22.8 Å². The van der Waals surface area contributed by atoms with Crippen LogP contribution in [0.25, 0.3) is 11.3 Å². The molecule has 1 saturated carbocycles. The van der Waals surface area contributed by atoms with Crippen LogP contribution < -0.4 is 14.8 Å². The highest BCUT2D eigenvalue weighted by molar-refractivity contribution is 7.99. The molecule has 168 valence electrons. The first-order valence-electron chi connectivity index (χ1n) is 10.6. The molecular weight excluding hydrogens is 446 g/mol. The quantitative estimate of drug-likeness (QED) is 0.404. The minimum absolute atomic E-state index is 0.118. The van der Waals surface area contributed by atoms with Crippen LogP contribution >= 0.6 is 23.4 Å². The molecule has 1 aromatic heterocycles. The topological polar surface area (TPSA) is 65.4 Å². The van der Waals surface area contributed by atoms with E-state index >= 15 is 0 Å². The van der Waals surface area contributed by atoms with Crippen LogP contribution in [0.5, 0.6) is 11.5 Å². The zero-order chi connectivity index (χ0) is 22.5. The predicted octanol–water partition coefficient (Wildman–Crippen LogP) is 6.07. The summed E-state index contributed by atoms with van der Waals surface area (Å²) in [5.74, 6) is 1.36. The molecule has 3 aromatic rings. The largest absolute Gasteiger partial charge is 0.497 e. The number of ether oxygens (including phenoxy) is 2. The molecule has 32 heavy (non-hydrogen) atoms. The molecule has 0 atom stereocenters. The number of hydrogen-bond acceptors (Lipinski definition) is 5. The maximum Gasteiger partial charge on any atom is 0.234 e. The van der Waals surface area contributed by atoms with Crippen molar-refractivity contribution in [2.75, 3.05) is 25.3 Å². The maximum atomic E-state index is 12.7. The van der Waals surface area contributed by atoms with E-state index in [2.05, 4.69) is 14.9 Å². The third-order valence-corrected chi connectivity index (χ3v) is 6.83. The molecule has 0 saturated heterocycles. The van der Waals surface area contributed by atoms with E-state index in [0.717, 1.165) is 29.3 Å². The normalized spacial score (nSPS) is 13.8. The molecule has 0 unspecified atom stereocenters. The summed E-state index contributed by atoms with van der Waals surface area (Å²) in [6, 6.07) is 13.5. The monoisotopic (exact) mass is 471 g/mol. The number of methoxy groups -OCH3 is 2. The van der Waals surface area contributed by atoms with Crippen molar-refractivity contribution >= 4 is 35.0 Å². The van der Waals surface area contributed by atoms with E-state index in [1.807, 2.05) is 30.5 Å². The number of thioether (sulfide) groups is 1. The van der Waals surface area contributed by atoms with Gasteiger partial charge in [-0.15, -0.1) is 0 Å². The van der Waals surface area contributed by atoms with Crippen molar-refractivity contribution in [3.63, 3.8) is 0 Å². The van der Waals surface area contributed by atoms with Gasteiger partial charge in [0.2, 0.25) is 5.91 Å². The second-order valence-corrected chi connectivity index (χ2v) is 9.02. The highest BCUT2D eigenvalue weighted by Crippen LogP contribution is 2.38. The predicted molar refractivity (Wildman–Crippen MR) is 129 cm³/mol. The molecule has 0 radical (unpaired) electrons. The van der Waals surface area contributed by atoms with Gasteiger partial charge in [-0.3, -0.25) is 4.79 Å². The van der Waals surface area contributed by atoms with Crippen LogP contribution in [-0.2, 0) is 4.79 Å². The van der Waals surface area contributed by atoms with E-state index in [9.17, 15) is 4.79 Å².